The third-order valence-electron chi connectivity index (χ3n) is 12.8. The number of esters is 4. The minimum atomic E-state index is -2.37. The Balaban J connectivity index is 1.36. The van der Waals surface area contributed by atoms with Crippen molar-refractivity contribution in [1.82, 2.24) is 5.32 Å². The third kappa shape index (κ3) is 7.64. The highest BCUT2D eigenvalue weighted by molar-refractivity contribution is 5.95. The van der Waals surface area contributed by atoms with Crippen LogP contribution in [0.15, 0.2) is 102 Å². The van der Waals surface area contributed by atoms with E-state index in [9.17, 15) is 39.3 Å². The molecular formula is C46H49NO14. The number of fused-ring (bicyclic) bond motifs is 5. The largest absolute Gasteiger partial charge is 0.456 e. The predicted octanol–water partition coefficient (Wildman–Crippen LogP) is 3.35. The number of hydrogen-bond donors (Lipinski definition) is 4. The highest BCUT2D eigenvalue weighted by atomic mass is 16.6. The Kier molecular flexibility index (Phi) is 11.8. The van der Waals surface area contributed by atoms with E-state index >= 15 is 4.79 Å². The number of benzene rings is 3. The molecule has 0 spiro atoms. The van der Waals surface area contributed by atoms with Crippen molar-refractivity contribution in [2.75, 3.05) is 6.61 Å². The zero-order chi connectivity index (χ0) is 44.0. The van der Waals surface area contributed by atoms with Gasteiger partial charge in [0.15, 0.2) is 23.6 Å². The van der Waals surface area contributed by atoms with E-state index in [1.807, 2.05) is 0 Å². The molecular weight excluding hydrogens is 790 g/mol. The van der Waals surface area contributed by atoms with Crippen LogP contribution in [0.5, 0.6) is 0 Å². The second-order valence-corrected chi connectivity index (χ2v) is 16.7. The molecule has 1 aliphatic heterocycles. The lowest BCUT2D eigenvalue weighted by Gasteiger charge is -2.64. The summed E-state index contributed by atoms with van der Waals surface area (Å²) >= 11 is 0. The van der Waals surface area contributed by atoms with Crippen LogP contribution in [0.4, 0.5) is 0 Å². The van der Waals surface area contributed by atoms with Gasteiger partial charge in [-0.3, -0.25) is 19.2 Å². The summed E-state index contributed by atoms with van der Waals surface area (Å²) in [5, 5.41) is 39.8. The summed E-state index contributed by atoms with van der Waals surface area (Å²) in [6.45, 7) is 6.58. The van der Waals surface area contributed by atoms with Crippen LogP contribution in [0.2, 0.25) is 0 Å². The van der Waals surface area contributed by atoms with Crippen LogP contribution in [0.25, 0.3) is 0 Å². The molecule has 15 heteroatoms. The van der Waals surface area contributed by atoms with Gasteiger partial charge in [0.05, 0.1) is 36.2 Å². The molecule has 3 aliphatic carbocycles. The number of aliphatic hydroxyl groups excluding tert-OH is 2. The number of amides is 1. The second-order valence-electron chi connectivity index (χ2n) is 16.7. The topological polar surface area (TPSA) is 221 Å². The fourth-order valence-electron chi connectivity index (χ4n) is 9.81. The molecule has 1 amide bonds. The molecule has 1 heterocycles. The maximum atomic E-state index is 15.2. The van der Waals surface area contributed by atoms with Crippen LogP contribution in [-0.4, -0.2) is 105 Å². The summed E-state index contributed by atoms with van der Waals surface area (Å²) in [4.78, 5) is 82.7. The molecule has 15 nitrogen and oxygen atoms in total. The lowest BCUT2D eigenvalue weighted by molar-refractivity contribution is -0.332. The number of ether oxygens (including phenoxy) is 5. The summed E-state index contributed by atoms with van der Waals surface area (Å²) in [6, 6.07) is 22.9. The minimum Gasteiger partial charge on any atom is -0.456 e. The lowest BCUT2D eigenvalue weighted by atomic mass is 9.48. The number of rotatable bonds is 10. The smallest absolute Gasteiger partial charge is 0.338 e. The molecule has 0 aromatic heterocycles. The average Bonchev–Trinajstić information content (AvgIpc) is 3.22. The molecule has 7 rings (SSSR count). The number of hydrogen-bond acceptors (Lipinski definition) is 14. The lowest BCUT2D eigenvalue weighted by Crippen LogP contribution is -2.79. The number of carbonyl (C=O) groups is 6. The maximum absolute atomic E-state index is 15.2. The normalized spacial score (nSPS) is 31.0. The highest BCUT2D eigenvalue weighted by Gasteiger charge is 2.75. The van der Waals surface area contributed by atoms with E-state index < -0.39 is 113 Å². The number of Topliss-reactive ketones (excluding diaryl/α,β-unsaturated/α-hetero) is 1. The molecule has 4 aliphatic rings. The predicted molar refractivity (Wildman–Crippen MR) is 213 cm³/mol. The van der Waals surface area contributed by atoms with Crippen molar-refractivity contribution in [3.8, 4) is 0 Å². The zero-order valence-electron chi connectivity index (χ0n) is 34.3. The summed E-state index contributed by atoms with van der Waals surface area (Å²) in [6.07, 6.45) is -10.3. The van der Waals surface area contributed by atoms with Gasteiger partial charge in [-0.15, -0.1) is 0 Å². The summed E-state index contributed by atoms with van der Waals surface area (Å²) in [7, 11) is 0. The van der Waals surface area contributed by atoms with Gasteiger partial charge >= 0.3 is 23.9 Å². The monoisotopic (exact) mass is 839 g/mol. The van der Waals surface area contributed by atoms with Gasteiger partial charge in [-0.2, -0.15) is 0 Å². The summed E-state index contributed by atoms with van der Waals surface area (Å²) < 4.78 is 30.0. The van der Waals surface area contributed by atoms with Crippen LogP contribution in [0.1, 0.15) is 79.8 Å². The third-order valence-corrected chi connectivity index (χ3v) is 12.8. The van der Waals surface area contributed by atoms with Gasteiger partial charge < -0.3 is 44.3 Å². The molecule has 2 bridgehead atoms. The Hall–Kier alpha value is -5.74. The second kappa shape index (κ2) is 16.6. The fraction of sp³-hybridized carbons (Fsp3) is 0.435. The van der Waals surface area contributed by atoms with Crippen molar-refractivity contribution in [3.63, 3.8) is 0 Å². The van der Waals surface area contributed by atoms with E-state index in [1.54, 1.807) is 92.7 Å². The van der Waals surface area contributed by atoms with Gasteiger partial charge in [0, 0.05) is 37.7 Å². The van der Waals surface area contributed by atoms with E-state index in [0.29, 0.717) is 5.56 Å². The van der Waals surface area contributed by atoms with Gasteiger partial charge in [0.1, 0.15) is 23.9 Å². The standard InChI is InChI=1S/C46H49NO14/c1-24-31(59-43(55)38(52)36(27-15-9-6-10-16-27)47-41(53)28-17-11-7-12-18-28)22-46(56)40(60-42(54)29-19-13-8-14-20-29)35-33(30(50)21-32-45(35,23-57-32)61-26(3)49)37(51)39(58-25(2)48)34(24)44(46,4)5/h6-20,30-33,35-36,38-40,50,52,56H,21-23H2,1-5H3,(H,47,53)/t30-,31-,32+,33?,35-,36-,38+,39+,40-,45-,46+/m0/s1. The Bertz CT molecular complexity index is 2230. The first kappa shape index (κ1) is 43.4. The molecule has 2 saturated carbocycles. The highest BCUT2D eigenvalue weighted by Crippen LogP contribution is 2.61. The van der Waals surface area contributed by atoms with Crippen LogP contribution in [0, 0.1) is 17.3 Å². The average molecular weight is 840 g/mol. The maximum Gasteiger partial charge on any atom is 0.338 e. The Morgan fingerprint density at radius 2 is 1.43 bits per heavy atom. The summed E-state index contributed by atoms with van der Waals surface area (Å²) in [5.74, 6) is -8.30. The number of aliphatic hydroxyl groups is 3. The van der Waals surface area contributed by atoms with Crippen molar-refractivity contribution >= 4 is 35.6 Å². The molecule has 1 unspecified atom stereocenters. The van der Waals surface area contributed by atoms with Crippen LogP contribution >= 0.6 is 0 Å². The summed E-state index contributed by atoms with van der Waals surface area (Å²) in [5.41, 5.74) is -4.87. The van der Waals surface area contributed by atoms with Gasteiger partial charge in [0.25, 0.3) is 5.91 Å². The molecule has 0 radical (unpaired) electrons. The van der Waals surface area contributed by atoms with Crippen LogP contribution in [0.3, 0.4) is 0 Å². The number of nitrogens with one attached hydrogen (secondary N) is 1. The Morgan fingerprint density at radius 3 is 1.98 bits per heavy atom. The van der Waals surface area contributed by atoms with E-state index in [0.717, 1.165) is 13.8 Å². The minimum absolute atomic E-state index is 0.00524. The van der Waals surface area contributed by atoms with Crippen molar-refractivity contribution in [1.29, 1.82) is 0 Å². The van der Waals surface area contributed by atoms with Crippen LogP contribution in [-0.2, 0) is 42.9 Å². The first-order valence-electron chi connectivity index (χ1n) is 20.1. The molecule has 61 heavy (non-hydrogen) atoms. The zero-order valence-corrected chi connectivity index (χ0v) is 34.3. The molecule has 3 aromatic rings. The SMILES string of the molecule is CC(=O)O[C@H]1C(=O)C2[C@@H](O)C[C@H]3OC[C@@]3(OC(C)=O)[C@@H]2[C@H](OC(=O)c2ccccc2)[C@]2(O)C[C@H](OC(=O)[C@H](O)[C@@H](NC(=O)c3ccccc3)c3ccccc3)C(C)=C1C2(C)C. The molecule has 3 fully saturated rings. The first-order chi connectivity index (χ1) is 28.9. The molecule has 4 N–H and O–H groups in total. The van der Waals surface area contributed by atoms with Crippen molar-refractivity contribution in [2.24, 2.45) is 17.3 Å². The quantitative estimate of drug-likeness (QED) is 0.131. The van der Waals surface area contributed by atoms with Gasteiger partial charge in [0.2, 0.25) is 0 Å². The van der Waals surface area contributed by atoms with Gasteiger partial charge in [-0.05, 0) is 47.9 Å². The number of carbonyl (C=O) groups excluding carboxylic acids is 6. The number of ketones is 1. The Morgan fingerprint density at radius 1 is 0.836 bits per heavy atom. The Labute approximate surface area is 352 Å². The van der Waals surface area contributed by atoms with E-state index in [2.05, 4.69) is 5.32 Å². The first-order valence-corrected chi connectivity index (χ1v) is 20.1. The molecule has 1 saturated heterocycles. The van der Waals surface area contributed by atoms with E-state index in [-0.39, 0.29) is 35.3 Å². The van der Waals surface area contributed by atoms with Crippen molar-refractivity contribution < 1.29 is 67.8 Å². The van der Waals surface area contributed by atoms with E-state index in [4.69, 9.17) is 23.7 Å². The van der Waals surface area contributed by atoms with Crippen LogP contribution < -0.4 is 5.32 Å². The fourth-order valence-corrected chi connectivity index (χ4v) is 9.81. The van der Waals surface area contributed by atoms with Crippen molar-refractivity contribution in [3.05, 3.63) is 119 Å². The van der Waals surface area contributed by atoms with Gasteiger partial charge in [-0.25, -0.2) is 9.59 Å². The molecule has 3 aromatic carbocycles. The van der Waals surface area contributed by atoms with Gasteiger partial charge in [-0.1, -0.05) is 80.6 Å². The van der Waals surface area contributed by atoms with E-state index in [1.165, 1.54) is 19.1 Å². The molecule has 322 valence electrons. The molecule has 11 atom stereocenters. The van der Waals surface area contributed by atoms with Crippen molar-refractivity contribution in [2.45, 2.75) is 101 Å².